The van der Waals surface area contributed by atoms with Gasteiger partial charge in [0, 0.05) is 20.1 Å². The fraction of sp³-hybridized carbons (Fsp3) is 0.929. The van der Waals surface area contributed by atoms with E-state index < -0.39 is 0 Å². The van der Waals surface area contributed by atoms with Gasteiger partial charge in [0.1, 0.15) is 0 Å². The number of ether oxygens (including phenoxy) is 2. The predicted octanol–water partition coefficient (Wildman–Crippen LogP) is 2.01. The molecule has 0 saturated carbocycles. The molecule has 5 nitrogen and oxygen atoms in total. The van der Waals surface area contributed by atoms with Gasteiger partial charge in [-0.2, -0.15) is 0 Å². The minimum atomic E-state index is 0. The average molecular weight is 399 g/mol. The maximum atomic E-state index is 5.57. The summed E-state index contributed by atoms with van der Waals surface area (Å²) >= 11 is 0. The zero-order chi connectivity index (χ0) is 13.9. The Bertz CT molecular complexity index is 257. The third-order valence-corrected chi connectivity index (χ3v) is 3.11. The van der Waals surface area contributed by atoms with E-state index in [-0.39, 0.29) is 30.1 Å². The SMILES string of the molecule is CN=C(NCCCCC(C)C)NCC1COCCO1.I. The van der Waals surface area contributed by atoms with Gasteiger partial charge in [0.15, 0.2) is 5.96 Å². The first-order valence-electron chi connectivity index (χ1n) is 7.36. The largest absolute Gasteiger partial charge is 0.376 e. The lowest BCUT2D eigenvalue weighted by molar-refractivity contribution is -0.0850. The highest BCUT2D eigenvalue weighted by atomic mass is 127. The molecule has 1 fully saturated rings. The number of hydrogen-bond acceptors (Lipinski definition) is 3. The second kappa shape index (κ2) is 12.6. The van der Waals surface area contributed by atoms with Gasteiger partial charge in [-0.1, -0.05) is 26.7 Å². The average Bonchev–Trinajstić information content (AvgIpc) is 2.42. The Balaban J connectivity index is 0.00000361. The molecule has 0 aromatic rings. The molecule has 0 bridgehead atoms. The van der Waals surface area contributed by atoms with Gasteiger partial charge >= 0.3 is 0 Å². The van der Waals surface area contributed by atoms with Crippen molar-refractivity contribution in [1.82, 2.24) is 10.6 Å². The van der Waals surface area contributed by atoms with Crippen molar-refractivity contribution >= 4 is 29.9 Å². The fourth-order valence-electron chi connectivity index (χ4n) is 1.97. The normalized spacial score (nSPS) is 19.6. The number of hydrogen-bond donors (Lipinski definition) is 2. The lowest BCUT2D eigenvalue weighted by Crippen LogP contribution is -2.44. The second-order valence-electron chi connectivity index (χ2n) is 5.34. The minimum Gasteiger partial charge on any atom is -0.376 e. The van der Waals surface area contributed by atoms with Crippen LogP contribution in [0.2, 0.25) is 0 Å². The summed E-state index contributed by atoms with van der Waals surface area (Å²) in [5.41, 5.74) is 0. The molecule has 0 radical (unpaired) electrons. The molecule has 0 amide bonds. The molecule has 0 aromatic carbocycles. The molecule has 1 aliphatic heterocycles. The van der Waals surface area contributed by atoms with E-state index in [1.807, 2.05) is 0 Å². The summed E-state index contributed by atoms with van der Waals surface area (Å²) in [6.45, 7) is 8.30. The highest BCUT2D eigenvalue weighted by Gasteiger charge is 2.14. The first kappa shape index (κ1) is 19.9. The van der Waals surface area contributed by atoms with Crippen molar-refractivity contribution in [3.8, 4) is 0 Å². The summed E-state index contributed by atoms with van der Waals surface area (Å²) in [6, 6.07) is 0. The van der Waals surface area contributed by atoms with Crippen molar-refractivity contribution in [1.29, 1.82) is 0 Å². The number of aliphatic imine (C=N–C) groups is 1. The van der Waals surface area contributed by atoms with E-state index in [0.29, 0.717) is 19.8 Å². The molecular formula is C14H30IN3O2. The van der Waals surface area contributed by atoms with Gasteiger partial charge < -0.3 is 20.1 Å². The van der Waals surface area contributed by atoms with Crippen molar-refractivity contribution < 1.29 is 9.47 Å². The van der Waals surface area contributed by atoms with Crippen molar-refractivity contribution in [2.24, 2.45) is 10.9 Å². The molecule has 2 N–H and O–H groups in total. The molecule has 1 saturated heterocycles. The molecule has 0 spiro atoms. The minimum absolute atomic E-state index is 0. The van der Waals surface area contributed by atoms with Crippen molar-refractivity contribution in [2.75, 3.05) is 40.0 Å². The molecular weight excluding hydrogens is 369 g/mol. The van der Waals surface area contributed by atoms with Gasteiger partial charge in [0.05, 0.1) is 25.9 Å². The third kappa shape index (κ3) is 9.77. The van der Waals surface area contributed by atoms with Gasteiger partial charge in [0.25, 0.3) is 0 Å². The van der Waals surface area contributed by atoms with E-state index in [1.54, 1.807) is 7.05 Å². The van der Waals surface area contributed by atoms with Crippen LogP contribution in [0.3, 0.4) is 0 Å². The standard InChI is InChI=1S/C14H29N3O2.HI/c1-12(2)6-4-5-7-16-14(15-3)17-10-13-11-18-8-9-19-13;/h12-13H,4-11H2,1-3H3,(H2,15,16,17);1H. The van der Waals surface area contributed by atoms with Crippen LogP contribution in [0.15, 0.2) is 4.99 Å². The number of guanidine groups is 1. The maximum absolute atomic E-state index is 5.57. The summed E-state index contributed by atoms with van der Waals surface area (Å²) in [7, 11) is 1.79. The van der Waals surface area contributed by atoms with E-state index in [1.165, 1.54) is 19.3 Å². The fourth-order valence-corrected chi connectivity index (χ4v) is 1.97. The number of nitrogens with one attached hydrogen (secondary N) is 2. The molecule has 0 aromatic heterocycles. The second-order valence-corrected chi connectivity index (χ2v) is 5.34. The van der Waals surface area contributed by atoms with Crippen LogP contribution in [0.1, 0.15) is 33.1 Å². The van der Waals surface area contributed by atoms with Crippen LogP contribution in [0.5, 0.6) is 0 Å². The summed E-state index contributed by atoms with van der Waals surface area (Å²) < 4.78 is 10.9. The van der Waals surface area contributed by atoms with Gasteiger partial charge in [-0.15, -0.1) is 24.0 Å². The Morgan fingerprint density at radius 2 is 2.05 bits per heavy atom. The first-order valence-corrected chi connectivity index (χ1v) is 7.36. The van der Waals surface area contributed by atoms with Crippen LogP contribution in [0, 0.1) is 5.92 Å². The Hall–Kier alpha value is -0.0800. The zero-order valence-corrected chi connectivity index (χ0v) is 15.3. The molecule has 1 aliphatic rings. The summed E-state index contributed by atoms with van der Waals surface area (Å²) in [4.78, 5) is 4.20. The number of nitrogens with zero attached hydrogens (tertiary/aromatic N) is 1. The lowest BCUT2D eigenvalue weighted by atomic mass is 10.1. The summed E-state index contributed by atoms with van der Waals surface area (Å²) in [5.74, 6) is 1.64. The monoisotopic (exact) mass is 399 g/mol. The van der Waals surface area contributed by atoms with Crippen LogP contribution in [0.4, 0.5) is 0 Å². The molecule has 6 heteroatoms. The van der Waals surface area contributed by atoms with Gasteiger partial charge in [0.2, 0.25) is 0 Å². The number of unbranched alkanes of at least 4 members (excludes halogenated alkanes) is 1. The first-order chi connectivity index (χ1) is 9.22. The Morgan fingerprint density at radius 3 is 2.65 bits per heavy atom. The van der Waals surface area contributed by atoms with E-state index in [4.69, 9.17) is 9.47 Å². The molecule has 1 unspecified atom stereocenters. The van der Waals surface area contributed by atoms with Crippen molar-refractivity contribution in [3.63, 3.8) is 0 Å². The molecule has 120 valence electrons. The quantitative estimate of drug-likeness (QED) is 0.298. The van der Waals surface area contributed by atoms with Crippen LogP contribution in [-0.2, 0) is 9.47 Å². The number of rotatable bonds is 7. The predicted molar refractivity (Wildman–Crippen MR) is 94.0 cm³/mol. The topological polar surface area (TPSA) is 54.9 Å². The van der Waals surface area contributed by atoms with Gasteiger partial charge in [-0.3, -0.25) is 4.99 Å². The van der Waals surface area contributed by atoms with E-state index in [2.05, 4.69) is 29.5 Å². The molecule has 20 heavy (non-hydrogen) atoms. The summed E-state index contributed by atoms with van der Waals surface area (Å²) in [5, 5.41) is 6.60. The van der Waals surface area contributed by atoms with E-state index >= 15 is 0 Å². The number of halogens is 1. The third-order valence-electron chi connectivity index (χ3n) is 3.11. The Labute approximate surface area is 140 Å². The van der Waals surface area contributed by atoms with Crippen LogP contribution in [0.25, 0.3) is 0 Å². The van der Waals surface area contributed by atoms with Crippen molar-refractivity contribution in [3.05, 3.63) is 0 Å². The molecule has 1 rings (SSSR count). The highest BCUT2D eigenvalue weighted by Crippen LogP contribution is 2.05. The van der Waals surface area contributed by atoms with E-state index in [0.717, 1.165) is 25.0 Å². The smallest absolute Gasteiger partial charge is 0.191 e. The molecule has 1 heterocycles. The summed E-state index contributed by atoms with van der Waals surface area (Å²) in [6.07, 6.45) is 3.87. The van der Waals surface area contributed by atoms with Crippen molar-refractivity contribution in [2.45, 2.75) is 39.2 Å². The molecule has 1 atom stereocenters. The van der Waals surface area contributed by atoms with Crippen LogP contribution >= 0.6 is 24.0 Å². The van der Waals surface area contributed by atoms with Crippen LogP contribution < -0.4 is 10.6 Å². The van der Waals surface area contributed by atoms with E-state index in [9.17, 15) is 0 Å². The maximum Gasteiger partial charge on any atom is 0.191 e. The zero-order valence-electron chi connectivity index (χ0n) is 13.0. The Kier molecular flexibility index (Phi) is 12.6. The molecule has 0 aliphatic carbocycles. The van der Waals surface area contributed by atoms with Crippen LogP contribution in [-0.4, -0.2) is 52.0 Å². The lowest BCUT2D eigenvalue weighted by Gasteiger charge is -2.24. The highest BCUT2D eigenvalue weighted by molar-refractivity contribution is 14.0. The Morgan fingerprint density at radius 1 is 1.25 bits per heavy atom. The van der Waals surface area contributed by atoms with Gasteiger partial charge in [-0.05, 0) is 12.3 Å². The van der Waals surface area contributed by atoms with Gasteiger partial charge in [-0.25, -0.2) is 0 Å².